The van der Waals surface area contributed by atoms with Gasteiger partial charge >= 0.3 is 0 Å². The Morgan fingerprint density at radius 3 is 2.69 bits per heavy atom. The predicted molar refractivity (Wildman–Crippen MR) is 61.8 cm³/mol. The number of hydrogen-bond acceptors (Lipinski definition) is 1. The van der Waals surface area contributed by atoms with Crippen molar-refractivity contribution in [2.75, 3.05) is 6.67 Å². The molecule has 3 heteroatoms. The lowest BCUT2D eigenvalue weighted by atomic mass is 10.0. The molecule has 0 spiro atoms. The molecule has 0 fully saturated rings. The number of nitrogens with one attached hydrogen (secondary N) is 1. The zero-order valence-electron chi connectivity index (χ0n) is 8.74. The Hall–Kier alpha value is -1.90. The molecule has 0 aliphatic carbocycles. The van der Waals surface area contributed by atoms with Crippen LogP contribution in [0.25, 0.3) is 10.8 Å². The molecule has 0 saturated heterocycles. The maximum atomic E-state index is 12.0. The quantitative estimate of drug-likeness (QED) is 0.840. The van der Waals surface area contributed by atoms with Gasteiger partial charge < -0.3 is 5.32 Å². The van der Waals surface area contributed by atoms with Crippen molar-refractivity contribution in [2.45, 2.75) is 6.54 Å². The molecule has 82 valence electrons. The monoisotopic (exact) mass is 217 g/mol. The van der Waals surface area contributed by atoms with Gasteiger partial charge in [-0.25, -0.2) is 4.39 Å². The van der Waals surface area contributed by atoms with Crippen LogP contribution >= 0.6 is 0 Å². The Morgan fingerprint density at radius 2 is 1.88 bits per heavy atom. The molecule has 0 aliphatic rings. The summed E-state index contributed by atoms with van der Waals surface area (Å²) in [7, 11) is 0. The molecule has 0 heterocycles. The van der Waals surface area contributed by atoms with Crippen LogP contribution in [0.15, 0.2) is 42.5 Å². The van der Waals surface area contributed by atoms with Crippen molar-refractivity contribution in [3.05, 3.63) is 48.0 Å². The first-order valence-corrected chi connectivity index (χ1v) is 5.10. The highest BCUT2D eigenvalue weighted by atomic mass is 19.1. The number of hydrogen-bond donors (Lipinski definition) is 1. The van der Waals surface area contributed by atoms with Gasteiger partial charge in [0.25, 0.3) is 5.91 Å². The molecule has 1 N–H and O–H groups in total. The Kier molecular flexibility index (Phi) is 3.15. The SMILES string of the molecule is O=C(CF)NCc1cccc2ccccc12. The summed E-state index contributed by atoms with van der Waals surface area (Å²) in [5.74, 6) is -0.576. The average Bonchev–Trinajstić information content (AvgIpc) is 2.35. The summed E-state index contributed by atoms with van der Waals surface area (Å²) in [4.78, 5) is 10.8. The van der Waals surface area contributed by atoms with Gasteiger partial charge in [0.05, 0.1) is 0 Å². The molecule has 2 rings (SSSR count). The number of benzene rings is 2. The normalized spacial score (nSPS) is 10.3. The van der Waals surface area contributed by atoms with Crippen LogP contribution in [0.5, 0.6) is 0 Å². The van der Waals surface area contributed by atoms with E-state index in [0.29, 0.717) is 6.54 Å². The van der Waals surface area contributed by atoms with Gasteiger partial charge in [0.2, 0.25) is 0 Å². The molecule has 2 aromatic rings. The fourth-order valence-corrected chi connectivity index (χ4v) is 1.69. The molecule has 2 aromatic carbocycles. The molecule has 1 amide bonds. The van der Waals surface area contributed by atoms with Crippen LogP contribution in [0.4, 0.5) is 4.39 Å². The van der Waals surface area contributed by atoms with Crippen molar-refractivity contribution in [1.82, 2.24) is 5.32 Å². The van der Waals surface area contributed by atoms with Gasteiger partial charge in [-0.3, -0.25) is 4.79 Å². The number of fused-ring (bicyclic) bond motifs is 1. The van der Waals surface area contributed by atoms with Crippen molar-refractivity contribution >= 4 is 16.7 Å². The standard InChI is InChI=1S/C13H12FNO/c14-8-13(16)15-9-11-6-3-5-10-4-1-2-7-12(10)11/h1-7H,8-9H2,(H,15,16). The lowest BCUT2D eigenvalue weighted by Gasteiger charge is -2.06. The largest absolute Gasteiger partial charge is 0.350 e. The number of alkyl halides is 1. The van der Waals surface area contributed by atoms with E-state index in [9.17, 15) is 9.18 Å². The lowest BCUT2D eigenvalue weighted by molar-refractivity contribution is -0.122. The average molecular weight is 217 g/mol. The summed E-state index contributed by atoms with van der Waals surface area (Å²) in [6, 6.07) is 13.8. The third-order valence-electron chi connectivity index (χ3n) is 2.48. The molecule has 2 nitrogen and oxygen atoms in total. The highest BCUT2D eigenvalue weighted by Crippen LogP contribution is 2.17. The van der Waals surface area contributed by atoms with Crippen LogP contribution in [-0.2, 0) is 11.3 Å². The van der Waals surface area contributed by atoms with E-state index in [1.54, 1.807) is 0 Å². The number of halogens is 1. The summed E-state index contributed by atoms with van der Waals surface area (Å²) >= 11 is 0. The van der Waals surface area contributed by atoms with Gasteiger partial charge in [-0.05, 0) is 16.3 Å². The fraction of sp³-hybridized carbons (Fsp3) is 0.154. The second-order valence-corrected chi connectivity index (χ2v) is 3.55. The van der Waals surface area contributed by atoms with E-state index in [-0.39, 0.29) is 0 Å². The van der Waals surface area contributed by atoms with E-state index < -0.39 is 12.6 Å². The van der Waals surface area contributed by atoms with Crippen LogP contribution in [-0.4, -0.2) is 12.6 Å². The number of carbonyl (C=O) groups excluding carboxylic acids is 1. The molecule has 0 radical (unpaired) electrons. The third-order valence-corrected chi connectivity index (χ3v) is 2.48. The highest BCUT2D eigenvalue weighted by Gasteiger charge is 2.02. The maximum absolute atomic E-state index is 12.0. The molecule has 0 aliphatic heterocycles. The molecular formula is C13H12FNO. The van der Waals surface area contributed by atoms with Crippen molar-refractivity contribution in [2.24, 2.45) is 0 Å². The van der Waals surface area contributed by atoms with Crippen molar-refractivity contribution in [3.8, 4) is 0 Å². The predicted octanol–water partition coefficient (Wildman–Crippen LogP) is 2.43. The molecule has 0 aromatic heterocycles. The minimum atomic E-state index is -0.967. The first-order chi connectivity index (χ1) is 7.81. The Morgan fingerprint density at radius 1 is 1.12 bits per heavy atom. The number of amides is 1. The summed E-state index contributed by atoms with van der Waals surface area (Å²) < 4.78 is 12.0. The van der Waals surface area contributed by atoms with E-state index in [2.05, 4.69) is 5.32 Å². The second-order valence-electron chi connectivity index (χ2n) is 3.55. The highest BCUT2D eigenvalue weighted by molar-refractivity contribution is 5.86. The van der Waals surface area contributed by atoms with Gasteiger partial charge in [-0.2, -0.15) is 0 Å². The van der Waals surface area contributed by atoms with Crippen LogP contribution in [0.2, 0.25) is 0 Å². The zero-order valence-corrected chi connectivity index (χ0v) is 8.74. The molecular weight excluding hydrogens is 205 g/mol. The summed E-state index contributed by atoms with van der Waals surface area (Å²) in [6.45, 7) is -0.602. The van der Waals surface area contributed by atoms with E-state index >= 15 is 0 Å². The van der Waals surface area contributed by atoms with E-state index in [0.717, 1.165) is 16.3 Å². The Balaban J connectivity index is 2.27. The van der Waals surface area contributed by atoms with Gasteiger partial charge in [0, 0.05) is 6.54 Å². The number of carbonyl (C=O) groups is 1. The van der Waals surface area contributed by atoms with E-state index in [1.165, 1.54) is 0 Å². The molecule has 0 unspecified atom stereocenters. The Bertz CT molecular complexity index is 505. The topological polar surface area (TPSA) is 29.1 Å². The van der Waals surface area contributed by atoms with E-state index in [4.69, 9.17) is 0 Å². The smallest absolute Gasteiger partial charge is 0.251 e. The molecule has 0 bridgehead atoms. The minimum absolute atomic E-state index is 0.365. The van der Waals surface area contributed by atoms with Crippen LogP contribution < -0.4 is 5.32 Å². The first-order valence-electron chi connectivity index (χ1n) is 5.10. The molecule has 0 saturated carbocycles. The van der Waals surface area contributed by atoms with Crippen LogP contribution in [0.3, 0.4) is 0 Å². The summed E-state index contributed by atoms with van der Waals surface area (Å²) in [5.41, 5.74) is 1.000. The van der Waals surface area contributed by atoms with Crippen molar-refractivity contribution in [3.63, 3.8) is 0 Å². The molecule has 16 heavy (non-hydrogen) atoms. The third kappa shape index (κ3) is 2.19. The van der Waals surface area contributed by atoms with Gasteiger partial charge in [-0.1, -0.05) is 42.5 Å². The number of rotatable bonds is 3. The summed E-state index contributed by atoms with van der Waals surface area (Å²) in [6.07, 6.45) is 0. The van der Waals surface area contributed by atoms with E-state index in [1.807, 2.05) is 42.5 Å². The second kappa shape index (κ2) is 4.75. The van der Waals surface area contributed by atoms with Gasteiger partial charge in [0.15, 0.2) is 6.67 Å². The van der Waals surface area contributed by atoms with Gasteiger partial charge in [-0.15, -0.1) is 0 Å². The first kappa shape index (κ1) is 10.6. The molecule has 0 atom stereocenters. The Labute approximate surface area is 93.1 Å². The van der Waals surface area contributed by atoms with Gasteiger partial charge in [0.1, 0.15) is 0 Å². The van der Waals surface area contributed by atoms with Crippen molar-refractivity contribution in [1.29, 1.82) is 0 Å². The van der Waals surface area contributed by atoms with Crippen molar-refractivity contribution < 1.29 is 9.18 Å². The minimum Gasteiger partial charge on any atom is -0.350 e. The summed E-state index contributed by atoms with van der Waals surface area (Å²) in [5, 5.41) is 4.73. The van der Waals surface area contributed by atoms with Crippen LogP contribution in [0, 0.1) is 0 Å². The lowest BCUT2D eigenvalue weighted by Crippen LogP contribution is -2.24. The maximum Gasteiger partial charge on any atom is 0.251 e. The fourth-order valence-electron chi connectivity index (χ4n) is 1.69. The zero-order chi connectivity index (χ0) is 11.4. The van der Waals surface area contributed by atoms with Crippen LogP contribution in [0.1, 0.15) is 5.56 Å².